The number of aromatic amines is 2. The average molecular weight is 618 g/mol. The summed E-state index contributed by atoms with van der Waals surface area (Å²) in [6.07, 6.45) is 13.6. The first-order valence-electron chi connectivity index (χ1n) is 16.2. The summed E-state index contributed by atoms with van der Waals surface area (Å²) in [5.74, 6) is 0.690. The predicted octanol–water partition coefficient (Wildman–Crippen LogP) is 6.22. The number of imidazole rings is 1. The van der Waals surface area contributed by atoms with Crippen LogP contribution in [0.25, 0.3) is 56.0 Å². The molecule has 7 heterocycles. The van der Waals surface area contributed by atoms with Gasteiger partial charge in [-0.2, -0.15) is 5.10 Å². The van der Waals surface area contributed by atoms with Crippen molar-refractivity contribution in [2.75, 3.05) is 39.3 Å². The molecule has 0 unspecified atom stereocenters. The Morgan fingerprint density at radius 2 is 1.65 bits per heavy atom. The van der Waals surface area contributed by atoms with E-state index in [0.29, 0.717) is 40.6 Å². The summed E-state index contributed by atoms with van der Waals surface area (Å²) in [6, 6.07) is 10.8. The summed E-state index contributed by atoms with van der Waals surface area (Å²) in [5.41, 5.74) is 7.02. The Hall–Kier alpha value is -4.74. The second-order valence-electron chi connectivity index (χ2n) is 12.3. The molecule has 2 N–H and O–H groups in total. The van der Waals surface area contributed by atoms with Crippen molar-refractivity contribution in [3.8, 4) is 39.8 Å². The Morgan fingerprint density at radius 1 is 0.804 bits per heavy atom. The summed E-state index contributed by atoms with van der Waals surface area (Å²) in [7, 11) is 0. The van der Waals surface area contributed by atoms with Crippen LogP contribution in [0.5, 0.6) is 5.75 Å². The number of aromatic nitrogens is 7. The number of pyridine rings is 3. The van der Waals surface area contributed by atoms with E-state index >= 15 is 0 Å². The maximum absolute atomic E-state index is 14.8. The molecule has 0 bridgehead atoms. The quantitative estimate of drug-likeness (QED) is 0.197. The highest BCUT2D eigenvalue weighted by atomic mass is 19.1. The number of H-pyrrole nitrogens is 2. The minimum absolute atomic E-state index is 0.379. The van der Waals surface area contributed by atoms with Gasteiger partial charge >= 0.3 is 0 Å². The Balaban J connectivity index is 1.08. The molecular weight excluding hydrogens is 581 g/mol. The number of likely N-dealkylation sites (tertiary alicyclic amines) is 2. The number of hydrogen-bond acceptors (Lipinski definition) is 8. The van der Waals surface area contributed by atoms with Crippen molar-refractivity contribution < 1.29 is 9.13 Å². The zero-order valence-electron chi connectivity index (χ0n) is 25.7. The van der Waals surface area contributed by atoms with E-state index in [1.807, 2.05) is 30.6 Å². The molecule has 46 heavy (non-hydrogen) atoms. The van der Waals surface area contributed by atoms with E-state index in [9.17, 15) is 4.39 Å². The number of fused-ring (bicyclic) bond motifs is 2. The molecule has 2 aliphatic heterocycles. The molecular formula is C35H36FN9O. The van der Waals surface area contributed by atoms with Crippen molar-refractivity contribution in [3.05, 3.63) is 72.6 Å². The first-order chi connectivity index (χ1) is 22.7. The summed E-state index contributed by atoms with van der Waals surface area (Å²) >= 11 is 0. The highest BCUT2D eigenvalue weighted by Gasteiger charge is 2.19. The van der Waals surface area contributed by atoms with Crippen LogP contribution >= 0.6 is 0 Å². The zero-order valence-corrected chi connectivity index (χ0v) is 25.7. The molecule has 0 saturated carbocycles. The first-order valence-corrected chi connectivity index (χ1v) is 16.2. The van der Waals surface area contributed by atoms with E-state index in [0.717, 1.165) is 66.9 Å². The van der Waals surface area contributed by atoms with E-state index in [1.165, 1.54) is 49.8 Å². The summed E-state index contributed by atoms with van der Waals surface area (Å²) in [4.78, 5) is 27.0. The van der Waals surface area contributed by atoms with Gasteiger partial charge in [-0.25, -0.2) is 9.37 Å². The third-order valence-electron chi connectivity index (χ3n) is 9.04. The van der Waals surface area contributed by atoms with Gasteiger partial charge in [-0.1, -0.05) is 6.42 Å². The molecule has 6 aromatic rings. The summed E-state index contributed by atoms with van der Waals surface area (Å²) < 4.78 is 20.8. The summed E-state index contributed by atoms with van der Waals surface area (Å²) in [5, 5.41) is 8.59. The SMILES string of the molecule is Fc1cc(OCCN2CCCC2)cc(-c2nccc3[nH]c(-c4n[nH]c5cnc(-c6cncc(CN7CCCCC7)c6)cc45)nc23)c1. The van der Waals surface area contributed by atoms with Gasteiger partial charge in [0.15, 0.2) is 5.82 Å². The molecule has 2 aliphatic rings. The van der Waals surface area contributed by atoms with Crippen LogP contribution in [0.2, 0.25) is 0 Å². The Labute approximate surface area is 266 Å². The lowest BCUT2D eigenvalue weighted by Gasteiger charge is -2.26. The first kappa shape index (κ1) is 28.7. The van der Waals surface area contributed by atoms with Crippen LogP contribution in [0, 0.1) is 5.82 Å². The maximum Gasteiger partial charge on any atom is 0.159 e. The maximum atomic E-state index is 14.8. The lowest BCUT2D eigenvalue weighted by Crippen LogP contribution is -2.29. The van der Waals surface area contributed by atoms with Crippen LogP contribution in [-0.2, 0) is 6.54 Å². The van der Waals surface area contributed by atoms with E-state index < -0.39 is 0 Å². The van der Waals surface area contributed by atoms with E-state index in [-0.39, 0.29) is 5.82 Å². The van der Waals surface area contributed by atoms with Crippen molar-refractivity contribution >= 4 is 21.9 Å². The second-order valence-corrected chi connectivity index (χ2v) is 12.3. The van der Waals surface area contributed by atoms with Gasteiger partial charge in [-0.05, 0) is 87.8 Å². The third kappa shape index (κ3) is 5.95. The molecule has 0 radical (unpaired) electrons. The molecule has 234 valence electrons. The normalized spacial score (nSPS) is 16.1. The third-order valence-corrected chi connectivity index (χ3v) is 9.04. The molecule has 5 aromatic heterocycles. The molecule has 0 atom stereocenters. The smallest absolute Gasteiger partial charge is 0.159 e. The van der Waals surface area contributed by atoms with Crippen molar-refractivity contribution in [1.29, 1.82) is 0 Å². The van der Waals surface area contributed by atoms with Gasteiger partial charge in [0.25, 0.3) is 0 Å². The molecule has 0 spiro atoms. The molecule has 1 aromatic carbocycles. The van der Waals surface area contributed by atoms with E-state index in [4.69, 9.17) is 14.7 Å². The fourth-order valence-electron chi connectivity index (χ4n) is 6.69. The molecule has 2 saturated heterocycles. The van der Waals surface area contributed by atoms with Gasteiger partial charge in [-0.3, -0.25) is 29.9 Å². The van der Waals surface area contributed by atoms with Crippen LogP contribution in [-0.4, -0.2) is 84.2 Å². The Morgan fingerprint density at radius 3 is 2.54 bits per heavy atom. The topological polar surface area (TPSA) is 112 Å². The highest BCUT2D eigenvalue weighted by molar-refractivity contribution is 5.96. The monoisotopic (exact) mass is 617 g/mol. The van der Waals surface area contributed by atoms with Crippen LogP contribution in [0.1, 0.15) is 37.7 Å². The average Bonchev–Trinajstić information content (AvgIpc) is 3.85. The standard InChI is InChI=1S/C35H36FN9O/c36-26-15-24(16-27(17-26)46-13-12-44-8-4-5-9-44)32-34-29(6-7-38-32)40-35(41-34)33-28-18-30(39-21-31(28)42-43-33)25-14-23(19-37-20-25)22-45-10-2-1-3-11-45/h6-7,14-21H,1-5,8-13,22H2,(H,40,41)(H,42,43). The Bertz CT molecular complexity index is 1990. The van der Waals surface area contributed by atoms with Gasteiger partial charge < -0.3 is 9.72 Å². The van der Waals surface area contributed by atoms with Crippen molar-refractivity contribution in [3.63, 3.8) is 0 Å². The predicted molar refractivity (Wildman–Crippen MR) is 176 cm³/mol. The van der Waals surface area contributed by atoms with Crippen molar-refractivity contribution in [2.24, 2.45) is 0 Å². The largest absolute Gasteiger partial charge is 0.492 e. The molecule has 8 rings (SSSR count). The van der Waals surface area contributed by atoms with Gasteiger partial charge in [0.2, 0.25) is 0 Å². The number of nitrogens with zero attached hydrogens (tertiary/aromatic N) is 7. The van der Waals surface area contributed by atoms with Gasteiger partial charge in [0, 0.05) is 54.3 Å². The lowest BCUT2D eigenvalue weighted by atomic mass is 10.1. The van der Waals surface area contributed by atoms with E-state index in [1.54, 1.807) is 12.4 Å². The Kier molecular flexibility index (Phi) is 7.85. The number of piperidine rings is 1. The number of hydrogen-bond donors (Lipinski definition) is 2. The molecule has 2 fully saturated rings. The highest BCUT2D eigenvalue weighted by Crippen LogP contribution is 2.33. The van der Waals surface area contributed by atoms with Gasteiger partial charge in [0.05, 0.1) is 28.6 Å². The molecule has 0 amide bonds. The van der Waals surface area contributed by atoms with Crippen LogP contribution in [0.3, 0.4) is 0 Å². The van der Waals surface area contributed by atoms with Crippen molar-refractivity contribution in [1.82, 2.24) is 44.9 Å². The fourth-order valence-corrected chi connectivity index (χ4v) is 6.69. The lowest BCUT2D eigenvalue weighted by molar-refractivity contribution is 0.220. The number of halogens is 1. The van der Waals surface area contributed by atoms with Crippen LogP contribution < -0.4 is 4.74 Å². The number of rotatable bonds is 9. The van der Waals surface area contributed by atoms with Gasteiger partial charge in [-0.15, -0.1) is 0 Å². The molecule has 11 heteroatoms. The van der Waals surface area contributed by atoms with Crippen LogP contribution in [0.15, 0.2) is 61.2 Å². The molecule has 0 aliphatic carbocycles. The van der Waals surface area contributed by atoms with Crippen molar-refractivity contribution in [2.45, 2.75) is 38.6 Å². The second kappa shape index (κ2) is 12.6. The zero-order chi connectivity index (χ0) is 30.9. The number of nitrogens with one attached hydrogen (secondary N) is 2. The van der Waals surface area contributed by atoms with E-state index in [2.05, 4.69) is 41.0 Å². The summed E-state index contributed by atoms with van der Waals surface area (Å²) in [6.45, 7) is 6.69. The minimum Gasteiger partial charge on any atom is -0.492 e. The van der Waals surface area contributed by atoms with Gasteiger partial charge in [0.1, 0.15) is 29.4 Å². The molecule has 10 nitrogen and oxygen atoms in total. The fraction of sp³-hybridized carbons (Fsp3) is 0.343. The number of benzene rings is 1. The minimum atomic E-state index is -0.379. The van der Waals surface area contributed by atoms with Crippen LogP contribution in [0.4, 0.5) is 4.39 Å². The number of ether oxygens (including phenoxy) is 1.